The van der Waals surface area contributed by atoms with E-state index in [4.69, 9.17) is 9.72 Å². The summed E-state index contributed by atoms with van der Waals surface area (Å²) in [5.41, 5.74) is 3.64. The Morgan fingerprint density at radius 3 is 2.69 bits per heavy atom. The summed E-state index contributed by atoms with van der Waals surface area (Å²) in [4.78, 5) is 35.1. The van der Waals surface area contributed by atoms with Crippen LogP contribution < -0.4 is 15.4 Å². The van der Waals surface area contributed by atoms with Crippen molar-refractivity contribution in [2.75, 3.05) is 50.5 Å². The van der Waals surface area contributed by atoms with Crippen LogP contribution in [-0.4, -0.2) is 102 Å². The molecule has 1 aliphatic heterocycles. The van der Waals surface area contributed by atoms with E-state index in [1.165, 1.54) is 0 Å². The number of carbonyl (C=O) groups is 1. The number of aliphatic hydroxyl groups is 1. The predicted molar refractivity (Wildman–Crippen MR) is 162 cm³/mol. The highest BCUT2D eigenvalue weighted by Crippen LogP contribution is 2.33. The lowest BCUT2D eigenvalue weighted by Crippen LogP contribution is -2.59. The number of H-pyrrole nitrogens is 1. The van der Waals surface area contributed by atoms with E-state index in [1.54, 1.807) is 30.4 Å². The van der Waals surface area contributed by atoms with E-state index < -0.39 is 0 Å². The number of carbonyl (C=O) groups excluding carboxylic acids is 1. The fourth-order valence-corrected chi connectivity index (χ4v) is 5.49. The van der Waals surface area contributed by atoms with Crippen molar-refractivity contribution in [3.63, 3.8) is 0 Å². The Hall–Kier alpha value is -4.07. The summed E-state index contributed by atoms with van der Waals surface area (Å²) >= 11 is 0. The molecule has 0 spiro atoms. The molecule has 4 aromatic rings. The molecule has 5 rings (SSSR count). The Morgan fingerprint density at radius 2 is 2.00 bits per heavy atom. The van der Waals surface area contributed by atoms with Gasteiger partial charge >= 0.3 is 0 Å². The molecule has 1 aliphatic rings. The van der Waals surface area contributed by atoms with Crippen LogP contribution in [0.1, 0.15) is 32.8 Å². The molecule has 42 heavy (non-hydrogen) atoms. The molecule has 1 fully saturated rings. The molecule has 0 aliphatic carbocycles. The highest BCUT2D eigenvalue weighted by molar-refractivity contribution is 6.05. The minimum Gasteiger partial charge on any atom is -0.478 e. The summed E-state index contributed by atoms with van der Waals surface area (Å²) in [6, 6.07) is 1.63. The van der Waals surface area contributed by atoms with Crippen molar-refractivity contribution in [2.45, 2.75) is 45.7 Å². The second-order valence-corrected chi connectivity index (χ2v) is 11.3. The van der Waals surface area contributed by atoms with Gasteiger partial charge in [-0.15, -0.1) is 5.10 Å². The normalized spacial score (nSPS) is 15.6. The second kappa shape index (κ2) is 12.0. The van der Waals surface area contributed by atoms with Gasteiger partial charge in [-0.1, -0.05) is 6.92 Å². The van der Waals surface area contributed by atoms with Crippen LogP contribution in [0.15, 0.2) is 30.9 Å². The average molecular weight is 577 g/mol. The summed E-state index contributed by atoms with van der Waals surface area (Å²) in [6.45, 7) is 11.3. The molecule has 0 aromatic carbocycles. The van der Waals surface area contributed by atoms with Gasteiger partial charge in [0.25, 0.3) is 5.88 Å². The molecule has 0 radical (unpaired) electrons. The Morgan fingerprint density at radius 1 is 1.24 bits per heavy atom. The molecule has 1 atom stereocenters. The van der Waals surface area contributed by atoms with E-state index in [1.807, 2.05) is 47.0 Å². The lowest BCUT2D eigenvalue weighted by Gasteiger charge is -2.44. The van der Waals surface area contributed by atoms with E-state index in [9.17, 15) is 9.90 Å². The minimum absolute atomic E-state index is 0.0846. The number of anilines is 3. The number of hydrogen-bond donors (Lipinski definition) is 4. The maximum atomic E-state index is 13.5. The molecule has 1 unspecified atom stereocenters. The molecular formula is C29H40N10O3. The molecule has 224 valence electrons. The van der Waals surface area contributed by atoms with Gasteiger partial charge in [-0.25, -0.2) is 15.0 Å². The number of aryl methyl sites for hydroxylation is 2. The first kappa shape index (κ1) is 29.4. The molecule has 0 bridgehead atoms. The summed E-state index contributed by atoms with van der Waals surface area (Å²) in [7, 11) is 3.38. The number of hydrogen-bond acceptors (Lipinski definition) is 10. The number of aromatic amines is 1. The van der Waals surface area contributed by atoms with Crippen LogP contribution in [0.25, 0.3) is 22.2 Å². The van der Waals surface area contributed by atoms with Gasteiger partial charge < -0.3 is 25.5 Å². The van der Waals surface area contributed by atoms with Crippen molar-refractivity contribution in [3.05, 3.63) is 36.4 Å². The van der Waals surface area contributed by atoms with Crippen molar-refractivity contribution < 1.29 is 14.6 Å². The maximum Gasteiger partial charge on any atom is 0.256 e. The maximum absolute atomic E-state index is 13.5. The number of methoxy groups -OCH3 is 1. The zero-order valence-electron chi connectivity index (χ0n) is 25.1. The van der Waals surface area contributed by atoms with Gasteiger partial charge in [-0.3, -0.25) is 19.3 Å². The van der Waals surface area contributed by atoms with Gasteiger partial charge in [-0.2, -0.15) is 0 Å². The largest absolute Gasteiger partial charge is 0.478 e. The van der Waals surface area contributed by atoms with Crippen molar-refractivity contribution in [3.8, 4) is 17.1 Å². The van der Waals surface area contributed by atoms with Crippen molar-refractivity contribution in [2.24, 2.45) is 7.05 Å². The van der Waals surface area contributed by atoms with Crippen molar-refractivity contribution in [1.29, 1.82) is 0 Å². The number of nitrogens with zero attached hydrogens (tertiary/aromatic N) is 7. The number of piperazine rings is 1. The van der Waals surface area contributed by atoms with Gasteiger partial charge in [0.2, 0.25) is 11.9 Å². The van der Waals surface area contributed by atoms with Gasteiger partial charge in [-0.05, 0) is 38.8 Å². The first-order valence-corrected chi connectivity index (χ1v) is 14.2. The van der Waals surface area contributed by atoms with E-state index >= 15 is 0 Å². The highest BCUT2D eigenvalue weighted by Gasteiger charge is 2.33. The van der Waals surface area contributed by atoms with Crippen LogP contribution in [0.5, 0.6) is 5.88 Å². The van der Waals surface area contributed by atoms with Gasteiger partial charge in [0.15, 0.2) is 5.82 Å². The third-order valence-corrected chi connectivity index (χ3v) is 7.99. The minimum atomic E-state index is -0.280. The van der Waals surface area contributed by atoms with Crippen molar-refractivity contribution >= 4 is 34.3 Å². The molecule has 4 aromatic heterocycles. The standard InChI is InChI=1S/C29H40N10O3/c1-7-22(38-10-12-39(13-11-38)29(3,4)17-40)26(41)35-25-24-19(8-9-30-25)20(15-31-24)23-18(2)14-32-28(34-23)33-21-16-37(5)36-27(21)42-6/h8-9,14-16,22,31,40H,7,10-13,17H2,1-6H3,(H,30,35,41)(H,32,33,34). The number of nitrogens with one attached hydrogen (secondary N) is 3. The highest BCUT2D eigenvalue weighted by atomic mass is 16.5. The van der Waals surface area contributed by atoms with Crippen LogP contribution in [-0.2, 0) is 11.8 Å². The Labute approximate surface area is 245 Å². The molecule has 5 heterocycles. The second-order valence-electron chi connectivity index (χ2n) is 11.3. The lowest BCUT2D eigenvalue weighted by molar-refractivity contribution is -0.122. The first-order valence-electron chi connectivity index (χ1n) is 14.2. The molecule has 13 nitrogen and oxygen atoms in total. The SMILES string of the molecule is CCC(C(=O)Nc1nccc2c(-c3nc(Nc4cn(C)nc4OC)ncc3C)c[nH]c12)N1CCN(C(C)(C)CO)CC1. The number of pyridine rings is 1. The number of aliphatic hydroxyl groups excluding tert-OH is 1. The summed E-state index contributed by atoms with van der Waals surface area (Å²) in [6.07, 6.45) is 7.82. The molecule has 13 heteroatoms. The van der Waals surface area contributed by atoms with Gasteiger partial charge in [0.05, 0.1) is 37.2 Å². The summed E-state index contributed by atoms with van der Waals surface area (Å²) in [5.74, 6) is 1.25. The van der Waals surface area contributed by atoms with Crippen molar-refractivity contribution in [1.82, 2.24) is 39.5 Å². The molecule has 0 saturated carbocycles. The number of aromatic nitrogens is 6. The number of rotatable bonds is 10. The zero-order valence-corrected chi connectivity index (χ0v) is 25.1. The summed E-state index contributed by atoms with van der Waals surface area (Å²) < 4.78 is 7.00. The number of ether oxygens (including phenoxy) is 1. The summed E-state index contributed by atoms with van der Waals surface area (Å²) in [5, 5.41) is 21.2. The quantitative estimate of drug-likeness (QED) is 0.222. The van der Waals surface area contributed by atoms with Crippen LogP contribution in [0.4, 0.5) is 17.5 Å². The fourth-order valence-electron chi connectivity index (χ4n) is 5.49. The topological polar surface area (TPSA) is 149 Å². The van der Waals surface area contributed by atoms with E-state index in [2.05, 4.69) is 40.5 Å². The van der Waals surface area contributed by atoms with Gasteiger partial charge in [0, 0.05) is 68.3 Å². The number of fused-ring (bicyclic) bond motifs is 1. The average Bonchev–Trinajstić information content (AvgIpc) is 3.58. The van der Waals surface area contributed by atoms with Crippen LogP contribution >= 0.6 is 0 Å². The Balaban J connectivity index is 1.35. The van der Waals surface area contributed by atoms with Gasteiger partial charge in [0.1, 0.15) is 5.69 Å². The lowest BCUT2D eigenvalue weighted by atomic mass is 10.0. The third-order valence-electron chi connectivity index (χ3n) is 7.99. The molecule has 1 saturated heterocycles. The van der Waals surface area contributed by atoms with Crippen LogP contribution in [0, 0.1) is 6.92 Å². The smallest absolute Gasteiger partial charge is 0.256 e. The molecule has 1 amide bonds. The van der Waals surface area contributed by atoms with E-state index in [-0.39, 0.29) is 24.1 Å². The Kier molecular flexibility index (Phi) is 8.43. The van der Waals surface area contributed by atoms with E-state index in [0.717, 1.165) is 53.9 Å². The third kappa shape index (κ3) is 5.80. The monoisotopic (exact) mass is 576 g/mol. The van der Waals surface area contributed by atoms with Crippen LogP contribution in [0.2, 0.25) is 0 Å². The molecular weight excluding hydrogens is 536 g/mol. The molecule has 4 N–H and O–H groups in total. The van der Waals surface area contributed by atoms with Crippen LogP contribution in [0.3, 0.4) is 0 Å². The first-order chi connectivity index (χ1) is 20.1. The zero-order chi connectivity index (χ0) is 30.0. The predicted octanol–water partition coefficient (Wildman–Crippen LogP) is 2.92. The van der Waals surface area contributed by atoms with E-state index in [0.29, 0.717) is 29.8 Å². The number of amides is 1. The fraction of sp³-hybridized carbons (Fsp3) is 0.483. The Bertz CT molecular complexity index is 1550.